The van der Waals surface area contributed by atoms with Crippen molar-refractivity contribution in [3.05, 3.63) is 29.3 Å². The Morgan fingerprint density at radius 3 is 2.52 bits per heavy atom. The minimum atomic E-state index is -0.497. The molecular weight excluding hydrogens is 292 g/mol. The molecule has 124 valence electrons. The van der Waals surface area contributed by atoms with Crippen LogP contribution in [0.4, 0.5) is 10.5 Å². The van der Waals surface area contributed by atoms with Gasteiger partial charge in [-0.25, -0.2) is 4.79 Å². The van der Waals surface area contributed by atoms with E-state index in [2.05, 4.69) is 0 Å². The van der Waals surface area contributed by atoms with E-state index in [4.69, 9.17) is 10.5 Å². The lowest BCUT2D eigenvalue weighted by molar-refractivity contribution is 0.0114. The molecule has 1 amide bonds. The molecule has 1 aromatic carbocycles. The smallest absolute Gasteiger partial charge is 0.410 e. The first-order valence-corrected chi connectivity index (χ1v) is 8.11. The highest BCUT2D eigenvalue weighted by atomic mass is 16.6. The molecule has 1 spiro atoms. The van der Waals surface area contributed by atoms with Gasteiger partial charge in [-0.15, -0.1) is 0 Å². The van der Waals surface area contributed by atoms with E-state index in [-0.39, 0.29) is 17.3 Å². The largest absolute Gasteiger partial charge is 0.444 e. The fourth-order valence-electron chi connectivity index (χ4n) is 3.54. The SMILES string of the molecule is CC(C)(C)OC(=O)N1CCC2(CC1)Cc1ccc(N)cc1C2=O. The number of rotatable bonds is 0. The second-order valence-corrected chi connectivity index (χ2v) is 7.67. The summed E-state index contributed by atoms with van der Waals surface area (Å²) in [6, 6.07) is 5.59. The minimum Gasteiger partial charge on any atom is -0.444 e. The minimum absolute atomic E-state index is 0.184. The van der Waals surface area contributed by atoms with Gasteiger partial charge in [0.25, 0.3) is 0 Å². The van der Waals surface area contributed by atoms with Gasteiger partial charge >= 0.3 is 6.09 Å². The number of hydrogen-bond donors (Lipinski definition) is 1. The monoisotopic (exact) mass is 316 g/mol. The number of carbonyl (C=O) groups excluding carboxylic acids is 2. The van der Waals surface area contributed by atoms with Crippen LogP contribution in [0.15, 0.2) is 18.2 Å². The van der Waals surface area contributed by atoms with E-state index in [9.17, 15) is 9.59 Å². The molecule has 5 heteroatoms. The van der Waals surface area contributed by atoms with Crippen molar-refractivity contribution in [3.63, 3.8) is 0 Å². The Morgan fingerprint density at radius 1 is 1.26 bits per heavy atom. The van der Waals surface area contributed by atoms with E-state index in [1.54, 1.807) is 11.0 Å². The van der Waals surface area contributed by atoms with Gasteiger partial charge in [0.05, 0.1) is 0 Å². The number of piperidine rings is 1. The summed E-state index contributed by atoms with van der Waals surface area (Å²) in [7, 11) is 0. The summed E-state index contributed by atoms with van der Waals surface area (Å²) in [5.41, 5.74) is 7.41. The first-order chi connectivity index (χ1) is 10.7. The number of amides is 1. The Morgan fingerprint density at radius 2 is 1.91 bits per heavy atom. The van der Waals surface area contributed by atoms with Crippen molar-refractivity contribution >= 4 is 17.6 Å². The molecule has 0 bridgehead atoms. The molecule has 0 atom stereocenters. The van der Waals surface area contributed by atoms with Crippen LogP contribution < -0.4 is 5.73 Å². The van der Waals surface area contributed by atoms with Gasteiger partial charge in [-0.2, -0.15) is 0 Å². The third-order valence-electron chi connectivity index (χ3n) is 4.76. The van der Waals surface area contributed by atoms with Gasteiger partial charge in [0.2, 0.25) is 0 Å². The van der Waals surface area contributed by atoms with Crippen molar-refractivity contribution in [3.8, 4) is 0 Å². The highest BCUT2D eigenvalue weighted by Gasteiger charge is 2.47. The van der Waals surface area contributed by atoms with Gasteiger partial charge in [0, 0.05) is 29.8 Å². The normalized spacial score (nSPS) is 19.8. The van der Waals surface area contributed by atoms with E-state index in [1.165, 1.54) is 0 Å². The lowest BCUT2D eigenvalue weighted by Gasteiger charge is -2.38. The van der Waals surface area contributed by atoms with Crippen LogP contribution in [0.5, 0.6) is 0 Å². The van der Waals surface area contributed by atoms with Crippen molar-refractivity contribution < 1.29 is 14.3 Å². The lowest BCUT2D eigenvalue weighted by atomic mass is 9.75. The summed E-state index contributed by atoms with van der Waals surface area (Å²) >= 11 is 0. The second-order valence-electron chi connectivity index (χ2n) is 7.67. The maximum atomic E-state index is 12.8. The Bertz CT molecular complexity index is 653. The molecule has 1 heterocycles. The molecule has 0 saturated carbocycles. The molecule has 0 aromatic heterocycles. The Labute approximate surface area is 136 Å². The molecular formula is C18H24N2O3. The van der Waals surface area contributed by atoms with Crippen molar-refractivity contribution in [2.24, 2.45) is 5.41 Å². The Balaban J connectivity index is 1.70. The molecule has 2 N–H and O–H groups in total. The number of ether oxygens (including phenoxy) is 1. The number of hydrogen-bond acceptors (Lipinski definition) is 4. The van der Waals surface area contributed by atoms with Gasteiger partial charge in [0.15, 0.2) is 5.78 Å². The lowest BCUT2D eigenvalue weighted by Crippen LogP contribution is -2.47. The van der Waals surface area contributed by atoms with Gasteiger partial charge in [-0.05, 0) is 57.7 Å². The number of Topliss-reactive ketones (excluding diaryl/α,β-unsaturated/α-hetero) is 1. The van der Waals surface area contributed by atoms with Gasteiger partial charge in [-0.1, -0.05) is 6.07 Å². The van der Waals surface area contributed by atoms with Crippen LogP contribution in [-0.4, -0.2) is 35.5 Å². The number of ketones is 1. The highest BCUT2D eigenvalue weighted by molar-refractivity contribution is 6.05. The van der Waals surface area contributed by atoms with Crippen molar-refractivity contribution in [2.45, 2.75) is 45.6 Å². The van der Waals surface area contributed by atoms with Crippen LogP contribution in [0.1, 0.15) is 49.5 Å². The number of benzene rings is 1. The zero-order chi connectivity index (χ0) is 16.8. The first-order valence-electron chi connectivity index (χ1n) is 8.11. The van der Waals surface area contributed by atoms with Gasteiger partial charge < -0.3 is 15.4 Å². The van der Waals surface area contributed by atoms with E-state index in [1.807, 2.05) is 32.9 Å². The number of nitrogens with zero attached hydrogens (tertiary/aromatic N) is 1. The zero-order valence-corrected chi connectivity index (χ0v) is 14.0. The molecule has 23 heavy (non-hydrogen) atoms. The summed E-state index contributed by atoms with van der Waals surface area (Å²) < 4.78 is 5.42. The van der Waals surface area contributed by atoms with E-state index in [0.29, 0.717) is 31.6 Å². The molecule has 2 aliphatic rings. The molecule has 1 aliphatic carbocycles. The van der Waals surface area contributed by atoms with E-state index < -0.39 is 5.60 Å². The van der Waals surface area contributed by atoms with Crippen molar-refractivity contribution in [2.75, 3.05) is 18.8 Å². The van der Waals surface area contributed by atoms with Crippen molar-refractivity contribution in [1.29, 1.82) is 0 Å². The van der Waals surface area contributed by atoms with E-state index in [0.717, 1.165) is 17.5 Å². The number of nitrogens with two attached hydrogens (primary N) is 1. The van der Waals surface area contributed by atoms with Gasteiger partial charge in [0.1, 0.15) is 5.60 Å². The third-order valence-corrected chi connectivity index (χ3v) is 4.76. The number of nitrogen functional groups attached to an aromatic ring is 1. The standard InChI is InChI=1S/C18H24N2O3/c1-17(2,3)23-16(22)20-8-6-18(7-9-20)11-12-4-5-13(19)10-14(12)15(18)21/h4-5,10H,6-9,11,19H2,1-3H3. The summed E-state index contributed by atoms with van der Waals surface area (Å²) in [5.74, 6) is 0.184. The topological polar surface area (TPSA) is 72.6 Å². The molecule has 1 saturated heterocycles. The number of fused-ring (bicyclic) bond motifs is 1. The summed E-state index contributed by atoms with van der Waals surface area (Å²) in [6.45, 7) is 6.70. The molecule has 0 unspecified atom stereocenters. The first kappa shape index (κ1) is 15.8. The number of anilines is 1. The fraction of sp³-hybridized carbons (Fsp3) is 0.556. The number of carbonyl (C=O) groups is 2. The predicted octanol–water partition coefficient (Wildman–Crippen LogP) is 3.02. The predicted molar refractivity (Wildman–Crippen MR) is 88.4 cm³/mol. The third kappa shape index (κ3) is 2.92. The van der Waals surface area contributed by atoms with Crippen LogP contribution in [0.3, 0.4) is 0 Å². The average molecular weight is 316 g/mol. The van der Waals surface area contributed by atoms with Crippen LogP contribution >= 0.6 is 0 Å². The van der Waals surface area contributed by atoms with E-state index >= 15 is 0 Å². The van der Waals surface area contributed by atoms with Crippen LogP contribution in [0.2, 0.25) is 0 Å². The van der Waals surface area contributed by atoms with Crippen LogP contribution in [-0.2, 0) is 11.2 Å². The average Bonchev–Trinajstić information content (AvgIpc) is 2.71. The highest BCUT2D eigenvalue weighted by Crippen LogP contribution is 2.45. The van der Waals surface area contributed by atoms with Crippen LogP contribution in [0, 0.1) is 5.41 Å². The second kappa shape index (κ2) is 5.25. The summed E-state index contributed by atoms with van der Waals surface area (Å²) in [6.07, 6.45) is 1.82. The summed E-state index contributed by atoms with van der Waals surface area (Å²) in [4.78, 5) is 26.7. The zero-order valence-electron chi connectivity index (χ0n) is 14.0. The maximum absolute atomic E-state index is 12.8. The molecule has 1 fully saturated rings. The molecule has 3 rings (SSSR count). The Hall–Kier alpha value is -2.04. The van der Waals surface area contributed by atoms with Gasteiger partial charge in [-0.3, -0.25) is 4.79 Å². The van der Waals surface area contributed by atoms with Crippen LogP contribution in [0.25, 0.3) is 0 Å². The Kier molecular flexibility index (Phi) is 3.62. The number of likely N-dealkylation sites (tertiary alicyclic amines) is 1. The quantitative estimate of drug-likeness (QED) is 0.747. The molecule has 5 nitrogen and oxygen atoms in total. The summed E-state index contributed by atoms with van der Waals surface area (Å²) in [5, 5.41) is 0. The molecule has 1 aliphatic heterocycles. The molecule has 1 aromatic rings. The maximum Gasteiger partial charge on any atom is 0.410 e. The fourth-order valence-corrected chi connectivity index (χ4v) is 3.54. The van der Waals surface area contributed by atoms with Crippen molar-refractivity contribution in [1.82, 2.24) is 4.90 Å². The molecule has 0 radical (unpaired) electrons.